The number of piperazine rings is 1. The van der Waals surface area contributed by atoms with Gasteiger partial charge in [0.25, 0.3) is 0 Å². The second kappa shape index (κ2) is 6.08. The Balaban J connectivity index is 2.68. The average Bonchev–Trinajstić information content (AvgIpc) is 2.18. The number of nitriles is 1. The van der Waals surface area contributed by atoms with Gasteiger partial charge >= 0.3 is 0 Å². The number of carbonyl (C=O) groups is 1. The molecular formula is C10H14IN3O. The van der Waals surface area contributed by atoms with Crippen LogP contribution in [0.4, 0.5) is 0 Å². The molecule has 1 fully saturated rings. The molecule has 0 saturated carbocycles. The molecule has 1 heterocycles. The number of hydrogen-bond acceptors (Lipinski definition) is 3. The first-order valence-corrected chi connectivity index (χ1v) is 5.86. The Kier molecular flexibility index (Phi) is 5.05. The van der Waals surface area contributed by atoms with Crippen molar-refractivity contribution in [1.82, 2.24) is 8.01 Å². The smallest absolute Gasteiger partial charge is 0.246 e. The molecule has 0 N–H and O–H groups in total. The zero-order valence-electron chi connectivity index (χ0n) is 8.69. The first kappa shape index (κ1) is 12.5. The summed E-state index contributed by atoms with van der Waals surface area (Å²) in [5.74, 6) is 0.0160. The van der Waals surface area contributed by atoms with E-state index in [4.69, 9.17) is 5.26 Å². The van der Waals surface area contributed by atoms with Gasteiger partial charge in [-0.2, -0.15) is 5.26 Å². The van der Waals surface area contributed by atoms with Gasteiger partial charge in [0.15, 0.2) is 0 Å². The molecule has 1 atom stereocenters. The van der Waals surface area contributed by atoms with Gasteiger partial charge in [-0.1, -0.05) is 6.08 Å². The van der Waals surface area contributed by atoms with E-state index in [0.29, 0.717) is 13.0 Å². The van der Waals surface area contributed by atoms with Crippen LogP contribution in [0, 0.1) is 11.3 Å². The first-order valence-electron chi connectivity index (χ1n) is 4.90. The van der Waals surface area contributed by atoms with Crippen LogP contribution in [0.25, 0.3) is 0 Å². The van der Waals surface area contributed by atoms with Gasteiger partial charge < -0.3 is 4.90 Å². The molecule has 1 rings (SSSR count). The van der Waals surface area contributed by atoms with Gasteiger partial charge in [-0.05, 0) is 13.0 Å². The summed E-state index contributed by atoms with van der Waals surface area (Å²) >= 11 is 2.23. The summed E-state index contributed by atoms with van der Waals surface area (Å²) in [7, 11) is 0. The molecule has 0 spiro atoms. The normalized spacial score (nSPS) is 23.0. The van der Waals surface area contributed by atoms with Crippen LogP contribution in [0.1, 0.15) is 13.3 Å². The quantitative estimate of drug-likeness (QED) is 0.438. The van der Waals surface area contributed by atoms with Crippen molar-refractivity contribution < 1.29 is 4.79 Å². The minimum atomic E-state index is 0.0160. The highest BCUT2D eigenvalue weighted by Gasteiger charge is 2.28. The SMILES string of the molecule is C/C=C/C(=O)N1CCN(I)C[C@@H]1CC#N. The highest BCUT2D eigenvalue weighted by atomic mass is 127. The third kappa shape index (κ3) is 3.47. The Morgan fingerprint density at radius 3 is 3.00 bits per heavy atom. The van der Waals surface area contributed by atoms with Crippen molar-refractivity contribution in [3.05, 3.63) is 12.2 Å². The number of carbonyl (C=O) groups excluding carboxylic acids is 1. The van der Waals surface area contributed by atoms with Gasteiger partial charge in [-0.25, -0.2) is 3.11 Å². The van der Waals surface area contributed by atoms with Gasteiger partial charge in [-0.15, -0.1) is 0 Å². The highest BCUT2D eigenvalue weighted by Crippen LogP contribution is 2.16. The molecule has 0 aromatic carbocycles. The first-order chi connectivity index (χ1) is 7.19. The lowest BCUT2D eigenvalue weighted by atomic mass is 10.1. The van der Waals surface area contributed by atoms with Crippen molar-refractivity contribution in [2.45, 2.75) is 19.4 Å². The fourth-order valence-corrected chi connectivity index (χ4v) is 2.30. The summed E-state index contributed by atoms with van der Waals surface area (Å²) in [5.41, 5.74) is 0. The number of allylic oxidation sites excluding steroid dienone is 1. The molecule has 0 aliphatic carbocycles. The molecular weight excluding hydrogens is 305 g/mol. The van der Waals surface area contributed by atoms with Gasteiger partial charge in [0.2, 0.25) is 5.91 Å². The van der Waals surface area contributed by atoms with Crippen LogP contribution in [0.15, 0.2) is 12.2 Å². The van der Waals surface area contributed by atoms with E-state index >= 15 is 0 Å². The van der Waals surface area contributed by atoms with Crippen molar-refractivity contribution >= 4 is 28.8 Å². The van der Waals surface area contributed by atoms with Crippen LogP contribution in [-0.2, 0) is 4.79 Å². The van der Waals surface area contributed by atoms with Crippen LogP contribution in [-0.4, -0.2) is 39.6 Å². The van der Waals surface area contributed by atoms with Crippen LogP contribution in [0.3, 0.4) is 0 Å². The van der Waals surface area contributed by atoms with E-state index in [1.807, 2.05) is 6.92 Å². The topological polar surface area (TPSA) is 47.3 Å². The number of rotatable bonds is 2. The molecule has 4 nitrogen and oxygen atoms in total. The van der Waals surface area contributed by atoms with Crippen molar-refractivity contribution in [3.8, 4) is 6.07 Å². The molecule has 0 unspecified atom stereocenters. The van der Waals surface area contributed by atoms with E-state index in [-0.39, 0.29) is 11.9 Å². The van der Waals surface area contributed by atoms with E-state index in [0.717, 1.165) is 13.1 Å². The Morgan fingerprint density at radius 2 is 2.40 bits per heavy atom. The molecule has 1 aliphatic rings. The summed E-state index contributed by atoms with van der Waals surface area (Å²) in [6, 6.07) is 2.17. The van der Waals surface area contributed by atoms with E-state index in [1.54, 1.807) is 17.1 Å². The third-order valence-electron chi connectivity index (χ3n) is 2.35. The largest absolute Gasteiger partial charge is 0.333 e. The number of hydrogen-bond donors (Lipinski definition) is 0. The number of amides is 1. The summed E-state index contributed by atoms with van der Waals surface area (Å²) in [6.07, 6.45) is 3.71. The molecule has 82 valence electrons. The van der Waals surface area contributed by atoms with Crippen molar-refractivity contribution in [2.75, 3.05) is 19.6 Å². The molecule has 5 heteroatoms. The van der Waals surface area contributed by atoms with Crippen LogP contribution in [0.2, 0.25) is 0 Å². The lowest BCUT2D eigenvalue weighted by Gasteiger charge is -2.37. The lowest BCUT2D eigenvalue weighted by molar-refractivity contribution is -0.129. The van der Waals surface area contributed by atoms with Crippen molar-refractivity contribution in [3.63, 3.8) is 0 Å². The van der Waals surface area contributed by atoms with Gasteiger partial charge in [0.1, 0.15) is 0 Å². The van der Waals surface area contributed by atoms with Gasteiger partial charge in [0, 0.05) is 42.5 Å². The van der Waals surface area contributed by atoms with Crippen LogP contribution >= 0.6 is 22.9 Å². The predicted molar refractivity (Wildman–Crippen MR) is 66.1 cm³/mol. The van der Waals surface area contributed by atoms with Crippen LogP contribution < -0.4 is 0 Å². The van der Waals surface area contributed by atoms with E-state index in [1.165, 1.54) is 0 Å². The zero-order chi connectivity index (χ0) is 11.3. The maximum Gasteiger partial charge on any atom is 0.246 e. The molecule has 0 aromatic rings. The van der Waals surface area contributed by atoms with E-state index in [2.05, 4.69) is 32.0 Å². The standard InChI is InChI=1S/C10H14IN3O/c1-2-3-10(15)14-7-6-13(11)8-9(14)4-5-12/h2-3,9H,4,6-8H2,1H3/b3-2+/t9-/m0/s1. The minimum Gasteiger partial charge on any atom is -0.333 e. The molecule has 0 bridgehead atoms. The number of halogens is 1. The maximum absolute atomic E-state index is 11.7. The Bertz CT molecular complexity index is 298. The molecule has 0 radical (unpaired) electrons. The summed E-state index contributed by atoms with van der Waals surface area (Å²) in [5, 5.41) is 8.71. The fraction of sp³-hybridized carbons (Fsp3) is 0.600. The Morgan fingerprint density at radius 1 is 1.67 bits per heavy atom. The molecule has 15 heavy (non-hydrogen) atoms. The van der Waals surface area contributed by atoms with Crippen molar-refractivity contribution in [2.24, 2.45) is 0 Å². The fourth-order valence-electron chi connectivity index (χ4n) is 1.63. The second-order valence-corrected chi connectivity index (χ2v) is 4.78. The summed E-state index contributed by atoms with van der Waals surface area (Å²) in [4.78, 5) is 13.5. The summed E-state index contributed by atoms with van der Waals surface area (Å²) < 4.78 is 2.12. The summed E-state index contributed by atoms with van der Waals surface area (Å²) in [6.45, 7) is 4.17. The van der Waals surface area contributed by atoms with Crippen LogP contribution in [0.5, 0.6) is 0 Å². The maximum atomic E-state index is 11.7. The average molecular weight is 319 g/mol. The Labute approximate surface area is 104 Å². The zero-order valence-corrected chi connectivity index (χ0v) is 10.8. The second-order valence-electron chi connectivity index (χ2n) is 3.42. The van der Waals surface area contributed by atoms with E-state index < -0.39 is 0 Å². The number of nitrogens with zero attached hydrogens (tertiary/aromatic N) is 3. The monoisotopic (exact) mass is 319 g/mol. The molecule has 0 aromatic heterocycles. The highest BCUT2D eigenvalue weighted by molar-refractivity contribution is 14.1. The lowest BCUT2D eigenvalue weighted by Crippen LogP contribution is -2.51. The van der Waals surface area contributed by atoms with E-state index in [9.17, 15) is 4.79 Å². The molecule has 1 amide bonds. The van der Waals surface area contributed by atoms with Gasteiger partial charge in [0.05, 0.1) is 18.5 Å². The Hall–Kier alpha value is -0.610. The molecule has 1 aliphatic heterocycles. The predicted octanol–water partition coefficient (Wildman–Crippen LogP) is 1.34. The molecule has 1 saturated heterocycles. The van der Waals surface area contributed by atoms with Gasteiger partial charge in [-0.3, -0.25) is 4.79 Å². The van der Waals surface area contributed by atoms with Crippen molar-refractivity contribution in [1.29, 1.82) is 5.26 Å². The third-order valence-corrected chi connectivity index (χ3v) is 3.23. The minimum absolute atomic E-state index is 0.0160.